The van der Waals surface area contributed by atoms with Gasteiger partial charge in [-0.25, -0.2) is 0 Å². The monoisotopic (exact) mass is 435 g/mol. The fourth-order valence-corrected chi connectivity index (χ4v) is 5.64. The Bertz CT molecular complexity index is 753. The van der Waals surface area contributed by atoms with Gasteiger partial charge in [0.25, 0.3) is 5.91 Å². The minimum absolute atomic E-state index is 0.0555. The number of amides is 1. The van der Waals surface area contributed by atoms with E-state index in [4.69, 9.17) is 15.2 Å². The summed E-state index contributed by atoms with van der Waals surface area (Å²) in [5.41, 5.74) is 8.33. The molecule has 0 bridgehead atoms. The van der Waals surface area contributed by atoms with Crippen molar-refractivity contribution in [2.24, 2.45) is 17.8 Å². The van der Waals surface area contributed by atoms with E-state index in [1.54, 1.807) is 6.07 Å². The molecule has 2 atom stereocenters. The quantitative estimate of drug-likeness (QED) is 0.707. The third-order valence-electron chi connectivity index (χ3n) is 6.82. The first-order valence-electron chi connectivity index (χ1n) is 9.97. The van der Waals surface area contributed by atoms with Crippen LogP contribution in [0, 0.1) is 17.8 Å². The molecule has 27 heavy (non-hydrogen) atoms. The minimum Gasteiger partial charge on any atom is -0.492 e. The number of carbonyl (C=O) groups excluding carboxylic acids is 1. The second kappa shape index (κ2) is 6.94. The van der Waals surface area contributed by atoms with Crippen molar-refractivity contribution in [3.05, 3.63) is 21.7 Å². The maximum absolute atomic E-state index is 12.8. The van der Waals surface area contributed by atoms with E-state index in [0.29, 0.717) is 35.6 Å². The first-order valence-corrected chi connectivity index (χ1v) is 10.8. The molecule has 0 spiro atoms. The Labute approximate surface area is 167 Å². The highest BCUT2D eigenvalue weighted by molar-refractivity contribution is 9.10. The summed E-state index contributed by atoms with van der Waals surface area (Å²) in [5, 5.41) is 3.14. The number of fused-ring (bicyclic) bond motifs is 2. The van der Waals surface area contributed by atoms with Gasteiger partial charge in [0.05, 0.1) is 17.9 Å². The predicted octanol–water partition coefficient (Wildman–Crippen LogP) is 2.05. The fourth-order valence-electron chi connectivity index (χ4n) is 5.17. The number of nitrogens with zero attached hydrogens (tertiary/aromatic N) is 1. The zero-order chi connectivity index (χ0) is 18.5. The van der Waals surface area contributed by atoms with Crippen LogP contribution in [0.1, 0.15) is 28.8 Å². The van der Waals surface area contributed by atoms with E-state index >= 15 is 0 Å². The lowest BCUT2D eigenvalue weighted by molar-refractivity contribution is 0.0368. The number of hydrogen-bond donors (Lipinski definition) is 2. The number of nitrogens with two attached hydrogens (primary N) is 1. The smallest absolute Gasteiger partial charge is 0.255 e. The van der Waals surface area contributed by atoms with Crippen molar-refractivity contribution in [1.82, 2.24) is 10.2 Å². The first-order chi connectivity index (χ1) is 13.1. The maximum Gasteiger partial charge on any atom is 0.255 e. The zero-order valence-electron chi connectivity index (χ0n) is 15.4. The third kappa shape index (κ3) is 3.13. The second-order valence-electron chi connectivity index (χ2n) is 8.22. The summed E-state index contributed by atoms with van der Waals surface area (Å²) in [6.45, 7) is 5.51. The number of rotatable bonds is 4. The molecule has 146 valence electrons. The van der Waals surface area contributed by atoms with Crippen molar-refractivity contribution < 1.29 is 14.3 Å². The van der Waals surface area contributed by atoms with Crippen molar-refractivity contribution in [3.63, 3.8) is 0 Å². The molecule has 7 heteroatoms. The van der Waals surface area contributed by atoms with Crippen molar-refractivity contribution in [2.75, 3.05) is 45.2 Å². The van der Waals surface area contributed by atoms with Crippen LogP contribution < -0.4 is 15.8 Å². The minimum atomic E-state index is -0.0555. The number of likely N-dealkylation sites (tertiary alicyclic amines) is 1. The van der Waals surface area contributed by atoms with Gasteiger partial charge in [0, 0.05) is 55.3 Å². The van der Waals surface area contributed by atoms with Crippen molar-refractivity contribution in [1.29, 1.82) is 0 Å². The second-order valence-corrected chi connectivity index (χ2v) is 9.08. The van der Waals surface area contributed by atoms with Crippen LogP contribution >= 0.6 is 15.9 Å². The molecule has 6 nitrogen and oxygen atoms in total. The summed E-state index contributed by atoms with van der Waals surface area (Å²) >= 11 is 3.47. The fraction of sp³-hybridized carbons (Fsp3) is 0.650. The Kier molecular flexibility index (Phi) is 4.57. The van der Waals surface area contributed by atoms with Crippen LogP contribution in [0.5, 0.6) is 5.75 Å². The highest BCUT2D eigenvalue weighted by Gasteiger charge is 2.56. The summed E-state index contributed by atoms with van der Waals surface area (Å²) in [7, 11) is 0. The average molecular weight is 436 g/mol. The molecule has 1 aromatic carbocycles. The normalized spacial score (nSPS) is 29.9. The number of ether oxygens (including phenoxy) is 2. The Morgan fingerprint density at radius 1 is 1.26 bits per heavy atom. The molecular weight excluding hydrogens is 410 g/mol. The number of piperidine rings is 1. The van der Waals surface area contributed by atoms with Gasteiger partial charge in [-0.2, -0.15) is 0 Å². The summed E-state index contributed by atoms with van der Waals surface area (Å²) in [5.74, 6) is 2.72. The summed E-state index contributed by atoms with van der Waals surface area (Å²) in [6, 6.07) is 2.49. The molecule has 3 N–H and O–H groups in total. The SMILES string of the molecule is Nc1c(Br)cc(C(=O)NCC2C3CN(C4CCOCC4)CC23)c2c1CCO2. The standard InChI is InChI=1S/C20H26BrN3O3/c21-17-7-13(19-12(18(17)22)3-6-27-19)20(25)23-8-14-15-9-24(10-16(14)15)11-1-4-26-5-2-11/h7,11,14-16H,1-6,8-10,22H2,(H,23,25). The summed E-state index contributed by atoms with van der Waals surface area (Å²) < 4.78 is 11.9. The molecule has 0 aromatic heterocycles. The number of nitrogens with one attached hydrogen (secondary N) is 1. The van der Waals surface area contributed by atoms with E-state index in [1.807, 2.05) is 0 Å². The molecule has 3 fully saturated rings. The number of anilines is 1. The highest BCUT2D eigenvalue weighted by atomic mass is 79.9. The van der Waals surface area contributed by atoms with Gasteiger partial charge in [0.2, 0.25) is 0 Å². The maximum atomic E-state index is 12.8. The van der Waals surface area contributed by atoms with Gasteiger partial charge in [-0.05, 0) is 52.6 Å². The molecule has 5 rings (SSSR count). The van der Waals surface area contributed by atoms with Gasteiger partial charge >= 0.3 is 0 Å². The lowest BCUT2D eigenvalue weighted by Crippen LogP contribution is -2.40. The highest BCUT2D eigenvalue weighted by Crippen LogP contribution is 2.52. The zero-order valence-corrected chi connectivity index (χ0v) is 17.0. The van der Waals surface area contributed by atoms with Crippen molar-refractivity contribution >= 4 is 27.5 Å². The van der Waals surface area contributed by atoms with E-state index in [0.717, 1.165) is 60.9 Å². The Balaban J connectivity index is 1.17. The number of nitrogen functional groups attached to an aromatic ring is 1. The molecule has 2 unspecified atom stereocenters. The summed E-state index contributed by atoms with van der Waals surface area (Å²) in [6.07, 6.45) is 3.09. The van der Waals surface area contributed by atoms with E-state index < -0.39 is 0 Å². The van der Waals surface area contributed by atoms with Gasteiger partial charge in [0.15, 0.2) is 0 Å². The van der Waals surface area contributed by atoms with Crippen molar-refractivity contribution in [2.45, 2.75) is 25.3 Å². The molecule has 3 aliphatic heterocycles. The average Bonchev–Trinajstić information content (AvgIpc) is 3.08. The van der Waals surface area contributed by atoms with Crippen LogP contribution in [0.4, 0.5) is 5.69 Å². The lowest BCUT2D eigenvalue weighted by atomic mass is 10.0. The molecule has 0 radical (unpaired) electrons. The number of benzene rings is 1. The lowest BCUT2D eigenvalue weighted by Gasteiger charge is -2.32. The van der Waals surface area contributed by atoms with Gasteiger partial charge in [-0.15, -0.1) is 0 Å². The third-order valence-corrected chi connectivity index (χ3v) is 7.48. The topological polar surface area (TPSA) is 76.8 Å². The number of hydrogen-bond acceptors (Lipinski definition) is 5. The van der Waals surface area contributed by atoms with Crippen LogP contribution in [0.3, 0.4) is 0 Å². The van der Waals surface area contributed by atoms with Gasteiger partial charge in [-0.3, -0.25) is 9.69 Å². The molecular formula is C20H26BrN3O3. The summed E-state index contributed by atoms with van der Waals surface area (Å²) in [4.78, 5) is 15.4. The number of halogens is 1. The van der Waals surface area contributed by atoms with Crippen LogP contribution in [-0.2, 0) is 11.2 Å². The van der Waals surface area contributed by atoms with Crippen LogP contribution in [-0.4, -0.2) is 56.3 Å². The molecule has 2 saturated heterocycles. The molecule has 3 heterocycles. The molecule has 1 saturated carbocycles. The number of carbonyl (C=O) groups is 1. The molecule has 4 aliphatic rings. The van der Waals surface area contributed by atoms with E-state index in [2.05, 4.69) is 26.1 Å². The molecule has 1 aromatic rings. The molecule has 1 aliphatic carbocycles. The van der Waals surface area contributed by atoms with Crippen LogP contribution in [0.15, 0.2) is 10.5 Å². The Morgan fingerprint density at radius 2 is 2.00 bits per heavy atom. The van der Waals surface area contributed by atoms with Crippen molar-refractivity contribution in [3.8, 4) is 5.75 Å². The largest absolute Gasteiger partial charge is 0.492 e. The predicted molar refractivity (Wildman–Crippen MR) is 106 cm³/mol. The van der Waals surface area contributed by atoms with Gasteiger partial charge in [-0.1, -0.05) is 0 Å². The van der Waals surface area contributed by atoms with Crippen LogP contribution in [0.25, 0.3) is 0 Å². The van der Waals surface area contributed by atoms with E-state index in [9.17, 15) is 4.79 Å². The van der Waals surface area contributed by atoms with E-state index in [-0.39, 0.29) is 5.91 Å². The van der Waals surface area contributed by atoms with E-state index in [1.165, 1.54) is 13.1 Å². The Morgan fingerprint density at radius 3 is 2.74 bits per heavy atom. The van der Waals surface area contributed by atoms with Gasteiger partial charge < -0.3 is 20.5 Å². The Hall–Kier alpha value is -1.31. The van der Waals surface area contributed by atoms with Crippen LogP contribution in [0.2, 0.25) is 0 Å². The molecule has 1 amide bonds. The van der Waals surface area contributed by atoms with Gasteiger partial charge in [0.1, 0.15) is 5.75 Å². The first kappa shape index (κ1) is 17.8.